The summed E-state index contributed by atoms with van der Waals surface area (Å²) in [7, 11) is 0. The summed E-state index contributed by atoms with van der Waals surface area (Å²) in [5.74, 6) is 1.05. The lowest BCUT2D eigenvalue weighted by atomic mass is 9.96. The minimum Gasteiger partial charge on any atom is -0.343 e. The molecule has 2 aliphatic rings. The maximum Gasteiger partial charge on any atom is 0.225 e. The number of rotatable bonds is 4. The topological polar surface area (TPSA) is 58.1 Å². The molecule has 1 N–H and O–H groups in total. The van der Waals surface area contributed by atoms with Crippen molar-refractivity contribution in [1.29, 1.82) is 0 Å². The molecule has 0 aromatic carbocycles. The van der Waals surface area contributed by atoms with E-state index in [-0.39, 0.29) is 17.4 Å². The second-order valence-corrected chi connectivity index (χ2v) is 5.88. The maximum absolute atomic E-state index is 12.5. The Kier molecular flexibility index (Phi) is 3.70. The predicted octanol–water partition coefficient (Wildman–Crippen LogP) is 1.31. The third kappa shape index (κ3) is 2.68. The summed E-state index contributed by atoms with van der Waals surface area (Å²) in [6, 6.07) is 1.81. The van der Waals surface area contributed by atoms with E-state index in [1.807, 2.05) is 6.07 Å². The van der Waals surface area contributed by atoms with Crippen LogP contribution in [-0.4, -0.2) is 40.4 Å². The quantitative estimate of drug-likeness (QED) is 0.899. The van der Waals surface area contributed by atoms with Gasteiger partial charge in [-0.25, -0.2) is 9.97 Å². The average molecular weight is 274 g/mol. The van der Waals surface area contributed by atoms with Crippen molar-refractivity contribution in [2.75, 3.05) is 19.6 Å². The van der Waals surface area contributed by atoms with Crippen molar-refractivity contribution < 1.29 is 4.79 Å². The number of amides is 1. The Hall–Kier alpha value is -1.49. The van der Waals surface area contributed by atoms with E-state index in [1.54, 1.807) is 12.4 Å². The molecule has 1 aliphatic heterocycles. The molecule has 1 atom stereocenters. The van der Waals surface area contributed by atoms with Crippen molar-refractivity contribution >= 4 is 5.91 Å². The second-order valence-electron chi connectivity index (χ2n) is 5.88. The molecule has 1 saturated carbocycles. The Labute approximate surface area is 119 Å². The van der Waals surface area contributed by atoms with E-state index < -0.39 is 0 Å². The normalized spacial score (nSPS) is 25.1. The molecule has 20 heavy (non-hydrogen) atoms. The first kappa shape index (κ1) is 13.5. The van der Waals surface area contributed by atoms with Crippen LogP contribution >= 0.6 is 0 Å². The van der Waals surface area contributed by atoms with Crippen LogP contribution in [0.3, 0.4) is 0 Å². The van der Waals surface area contributed by atoms with Crippen LogP contribution in [0.4, 0.5) is 0 Å². The van der Waals surface area contributed by atoms with Crippen molar-refractivity contribution in [1.82, 2.24) is 20.2 Å². The van der Waals surface area contributed by atoms with Gasteiger partial charge in [0.05, 0.1) is 11.5 Å². The molecule has 1 aliphatic carbocycles. The van der Waals surface area contributed by atoms with Gasteiger partial charge in [0, 0.05) is 18.9 Å². The summed E-state index contributed by atoms with van der Waals surface area (Å²) in [6.45, 7) is 5.18. The van der Waals surface area contributed by atoms with Gasteiger partial charge < -0.3 is 10.2 Å². The van der Waals surface area contributed by atoms with Crippen LogP contribution in [0.2, 0.25) is 0 Å². The third-order valence-corrected chi connectivity index (χ3v) is 4.43. The summed E-state index contributed by atoms with van der Waals surface area (Å²) in [5, 5.41) is 3.21. The zero-order chi connectivity index (χ0) is 14.0. The number of hydrogen-bond acceptors (Lipinski definition) is 4. The monoisotopic (exact) mass is 274 g/mol. The van der Waals surface area contributed by atoms with E-state index in [4.69, 9.17) is 0 Å². The van der Waals surface area contributed by atoms with Crippen molar-refractivity contribution in [2.45, 2.75) is 38.1 Å². The van der Waals surface area contributed by atoms with Gasteiger partial charge in [-0.1, -0.05) is 6.92 Å². The molecule has 1 amide bonds. The highest BCUT2D eigenvalue weighted by Crippen LogP contribution is 2.43. The van der Waals surface area contributed by atoms with Gasteiger partial charge in [0.25, 0.3) is 0 Å². The van der Waals surface area contributed by atoms with Crippen molar-refractivity contribution in [3.63, 3.8) is 0 Å². The fraction of sp³-hybridized carbons (Fsp3) is 0.667. The smallest absolute Gasteiger partial charge is 0.225 e. The molecule has 2 fully saturated rings. The molecule has 1 saturated heterocycles. The number of carbonyl (C=O) groups is 1. The summed E-state index contributed by atoms with van der Waals surface area (Å²) in [6.07, 6.45) is 7.50. The standard InChI is InChI=1S/C15H22N4O/c1-2-19-10-3-5-12(11-19)13(20)18-15(6-7-15)14-16-8-4-9-17-14/h4,8-9,12H,2-3,5-7,10-11H2,1H3,(H,18,20). The number of nitrogens with zero attached hydrogens (tertiary/aromatic N) is 3. The lowest BCUT2D eigenvalue weighted by Gasteiger charge is -2.31. The van der Waals surface area contributed by atoms with Crippen LogP contribution in [0, 0.1) is 5.92 Å². The molecule has 0 radical (unpaired) electrons. The van der Waals surface area contributed by atoms with Gasteiger partial charge in [-0.2, -0.15) is 0 Å². The van der Waals surface area contributed by atoms with Gasteiger partial charge in [-0.05, 0) is 44.8 Å². The number of carbonyl (C=O) groups excluding carboxylic acids is 1. The molecule has 5 heteroatoms. The van der Waals surface area contributed by atoms with Crippen LogP contribution in [0.1, 0.15) is 38.4 Å². The predicted molar refractivity (Wildman–Crippen MR) is 75.9 cm³/mol. The number of hydrogen-bond donors (Lipinski definition) is 1. The van der Waals surface area contributed by atoms with Crippen LogP contribution in [0.25, 0.3) is 0 Å². The van der Waals surface area contributed by atoms with Gasteiger partial charge in [0.1, 0.15) is 0 Å². The van der Waals surface area contributed by atoms with Crippen molar-refractivity contribution in [3.8, 4) is 0 Å². The number of likely N-dealkylation sites (tertiary alicyclic amines) is 1. The van der Waals surface area contributed by atoms with Crippen LogP contribution in [-0.2, 0) is 10.3 Å². The van der Waals surface area contributed by atoms with Gasteiger partial charge in [0.15, 0.2) is 5.82 Å². The Balaban J connectivity index is 1.64. The SMILES string of the molecule is CCN1CCCC(C(=O)NC2(c3ncccn3)CC2)C1. The molecular formula is C15H22N4O. The largest absolute Gasteiger partial charge is 0.343 e. The highest BCUT2D eigenvalue weighted by molar-refractivity contribution is 5.80. The number of nitrogens with one attached hydrogen (secondary N) is 1. The lowest BCUT2D eigenvalue weighted by Crippen LogP contribution is -2.46. The average Bonchev–Trinajstić information content (AvgIpc) is 3.29. The van der Waals surface area contributed by atoms with Gasteiger partial charge in [-0.3, -0.25) is 4.79 Å². The van der Waals surface area contributed by atoms with E-state index in [0.717, 1.165) is 51.1 Å². The zero-order valence-corrected chi connectivity index (χ0v) is 12.0. The van der Waals surface area contributed by atoms with E-state index >= 15 is 0 Å². The Bertz CT molecular complexity index is 472. The van der Waals surface area contributed by atoms with Crippen LogP contribution < -0.4 is 5.32 Å². The highest BCUT2D eigenvalue weighted by Gasteiger charge is 2.49. The zero-order valence-electron chi connectivity index (χ0n) is 12.0. The Morgan fingerprint density at radius 2 is 2.20 bits per heavy atom. The van der Waals surface area contributed by atoms with Gasteiger partial charge >= 0.3 is 0 Å². The number of piperidine rings is 1. The first-order chi connectivity index (χ1) is 9.73. The molecule has 0 spiro atoms. The summed E-state index contributed by atoms with van der Waals surface area (Å²) < 4.78 is 0. The van der Waals surface area contributed by atoms with E-state index in [2.05, 4.69) is 27.1 Å². The fourth-order valence-electron chi connectivity index (χ4n) is 2.97. The fourth-order valence-corrected chi connectivity index (χ4v) is 2.97. The van der Waals surface area contributed by atoms with E-state index in [1.165, 1.54) is 0 Å². The summed E-state index contributed by atoms with van der Waals surface area (Å²) >= 11 is 0. The minimum atomic E-state index is -0.285. The Morgan fingerprint density at radius 3 is 2.85 bits per heavy atom. The lowest BCUT2D eigenvalue weighted by molar-refractivity contribution is -0.127. The molecule has 1 unspecified atom stereocenters. The van der Waals surface area contributed by atoms with Crippen LogP contribution in [0.5, 0.6) is 0 Å². The molecule has 0 bridgehead atoms. The molecular weight excluding hydrogens is 252 g/mol. The van der Waals surface area contributed by atoms with E-state index in [0.29, 0.717) is 0 Å². The maximum atomic E-state index is 12.5. The molecule has 1 aromatic rings. The Morgan fingerprint density at radius 1 is 1.45 bits per heavy atom. The van der Waals surface area contributed by atoms with Crippen molar-refractivity contribution in [2.24, 2.45) is 5.92 Å². The van der Waals surface area contributed by atoms with Crippen LogP contribution in [0.15, 0.2) is 18.5 Å². The molecule has 1 aromatic heterocycles. The van der Waals surface area contributed by atoms with Gasteiger partial charge in [0.2, 0.25) is 5.91 Å². The summed E-state index contributed by atoms with van der Waals surface area (Å²) in [5.41, 5.74) is -0.285. The highest BCUT2D eigenvalue weighted by atomic mass is 16.2. The third-order valence-electron chi connectivity index (χ3n) is 4.43. The minimum absolute atomic E-state index is 0.116. The van der Waals surface area contributed by atoms with Gasteiger partial charge in [-0.15, -0.1) is 0 Å². The number of aromatic nitrogens is 2. The molecule has 108 valence electrons. The first-order valence-corrected chi connectivity index (χ1v) is 7.55. The molecule has 2 heterocycles. The summed E-state index contributed by atoms with van der Waals surface area (Å²) in [4.78, 5) is 23.5. The van der Waals surface area contributed by atoms with Crippen molar-refractivity contribution in [3.05, 3.63) is 24.3 Å². The second kappa shape index (κ2) is 5.48. The van der Waals surface area contributed by atoms with E-state index in [9.17, 15) is 4.79 Å². The first-order valence-electron chi connectivity index (χ1n) is 7.55. The molecule has 3 rings (SSSR count). The molecule has 5 nitrogen and oxygen atoms in total.